The first kappa shape index (κ1) is 26.1. The molecule has 0 radical (unpaired) electrons. The molecule has 0 fully saturated rings. The second-order valence-electron chi connectivity index (χ2n) is 9.69. The highest BCUT2D eigenvalue weighted by atomic mass is 32.2. The number of carbonyl (C=O) groups excluding carboxylic acids is 1. The van der Waals surface area contributed by atoms with Gasteiger partial charge in [-0.15, -0.1) is 10.2 Å². The lowest BCUT2D eigenvalue weighted by Gasteiger charge is -2.19. The average Bonchev–Trinajstić information content (AvgIpc) is 3.32. The van der Waals surface area contributed by atoms with E-state index in [1.165, 1.54) is 17.3 Å². The second-order valence-corrected chi connectivity index (χ2v) is 10.6. The van der Waals surface area contributed by atoms with Crippen molar-refractivity contribution in [1.29, 1.82) is 0 Å². The molecule has 0 spiro atoms. The van der Waals surface area contributed by atoms with Crippen molar-refractivity contribution < 1.29 is 4.79 Å². The SMILES string of the molecule is CC(/C=N\NC(=O)CSc1nnc(-c2ccc(C(C)(C)C)cc2)n1-c1ccccc1)=C\c1ccccc1. The fourth-order valence-corrected chi connectivity index (χ4v) is 4.44. The smallest absolute Gasteiger partial charge is 0.250 e. The molecule has 0 aliphatic carbocycles. The van der Waals surface area contributed by atoms with Gasteiger partial charge in [0.25, 0.3) is 5.91 Å². The Morgan fingerprint density at radius 2 is 1.59 bits per heavy atom. The number of nitrogens with zero attached hydrogens (tertiary/aromatic N) is 4. The third-order valence-corrected chi connectivity index (χ3v) is 6.57. The van der Waals surface area contributed by atoms with Crippen LogP contribution in [0.2, 0.25) is 0 Å². The summed E-state index contributed by atoms with van der Waals surface area (Å²) in [6.07, 6.45) is 3.64. The molecule has 6 nitrogen and oxygen atoms in total. The van der Waals surface area contributed by atoms with Crippen molar-refractivity contribution in [2.24, 2.45) is 5.10 Å². The minimum absolute atomic E-state index is 0.0678. The molecular weight excluding hydrogens is 478 g/mol. The van der Waals surface area contributed by atoms with Crippen LogP contribution in [0.3, 0.4) is 0 Å². The summed E-state index contributed by atoms with van der Waals surface area (Å²) in [5.41, 5.74) is 7.83. The summed E-state index contributed by atoms with van der Waals surface area (Å²) in [5.74, 6) is 0.675. The van der Waals surface area contributed by atoms with Gasteiger partial charge in [-0.2, -0.15) is 5.10 Å². The summed E-state index contributed by atoms with van der Waals surface area (Å²) in [6.45, 7) is 8.52. The van der Waals surface area contributed by atoms with E-state index < -0.39 is 0 Å². The molecule has 0 unspecified atom stereocenters. The summed E-state index contributed by atoms with van der Waals surface area (Å²) >= 11 is 1.32. The Balaban J connectivity index is 1.47. The van der Waals surface area contributed by atoms with E-state index in [1.807, 2.05) is 78.2 Å². The molecule has 0 atom stereocenters. The molecule has 4 aromatic rings. The van der Waals surface area contributed by atoms with Crippen LogP contribution in [0.4, 0.5) is 0 Å². The van der Waals surface area contributed by atoms with Gasteiger partial charge in [0.1, 0.15) is 0 Å². The van der Waals surface area contributed by atoms with Crippen LogP contribution >= 0.6 is 11.8 Å². The molecule has 0 saturated carbocycles. The van der Waals surface area contributed by atoms with E-state index in [0.29, 0.717) is 5.16 Å². The Labute approximate surface area is 222 Å². The molecule has 37 heavy (non-hydrogen) atoms. The Morgan fingerprint density at radius 3 is 2.24 bits per heavy atom. The number of carbonyl (C=O) groups is 1. The quantitative estimate of drug-likeness (QED) is 0.167. The normalized spacial score (nSPS) is 12.2. The van der Waals surface area contributed by atoms with Crippen molar-refractivity contribution in [3.63, 3.8) is 0 Å². The van der Waals surface area contributed by atoms with Crippen LogP contribution in [-0.2, 0) is 10.2 Å². The second kappa shape index (κ2) is 11.8. The van der Waals surface area contributed by atoms with E-state index in [-0.39, 0.29) is 17.1 Å². The molecule has 188 valence electrons. The van der Waals surface area contributed by atoms with Crippen LogP contribution in [0.5, 0.6) is 0 Å². The summed E-state index contributed by atoms with van der Waals surface area (Å²) < 4.78 is 1.99. The van der Waals surface area contributed by atoms with Gasteiger partial charge in [-0.05, 0) is 41.2 Å². The number of hydrogen-bond donors (Lipinski definition) is 1. The number of hydrogen-bond acceptors (Lipinski definition) is 5. The van der Waals surface area contributed by atoms with Gasteiger partial charge in [0.05, 0.1) is 12.0 Å². The topological polar surface area (TPSA) is 72.2 Å². The molecule has 3 aromatic carbocycles. The lowest BCUT2D eigenvalue weighted by Crippen LogP contribution is -2.20. The van der Waals surface area contributed by atoms with E-state index >= 15 is 0 Å². The van der Waals surface area contributed by atoms with Gasteiger partial charge in [0.2, 0.25) is 0 Å². The summed E-state index contributed by atoms with van der Waals surface area (Å²) in [5, 5.41) is 13.6. The van der Waals surface area contributed by atoms with Crippen LogP contribution in [0.25, 0.3) is 23.2 Å². The van der Waals surface area contributed by atoms with Crippen LogP contribution in [0.1, 0.15) is 38.8 Å². The molecule has 7 heteroatoms. The maximum absolute atomic E-state index is 12.5. The Kier molecular flexibility index (Phi) is 8.36. The number of thioether (sulfide) groups is 1. The van der Waals surface area contributed by atoms with E-state index in [4.69, 9.17) is 0 Å². The number of amides is 1. The summed E-state index contributed by atoms with van der Waals surface area (Å²) in [7, 11) is 0. The zero-order valence-electron chi connectivity index (χ0n) is 21.6. The maximum atomic E-state index is 12.5. The van der Waals surface area contributed by atoms with Gasteiger partial charge in [-0.25, -0.2) is 5.43 Å². The monoisotopic (exact) mass is 509 g/mol. The van der Waals surface area contributed by atoms with Crippen LogP contribution in [0, 0.1) is 0 Å². The number of hydrazone groups is 1. The number of para-hydroxylation sites is 1. The van der Waals surface area contributed by atoms with Gasteiger partial charge in [0.15, 0.2) is 11.0 Å². The van der Waals surface area contributed by atoms with E-state index in [9.17, 15) is 4.79 Å². The van der Waals surface area contributed by atoms with Crippen molar-refractivity contribution in [3.8, 4) is 17.1 Å². The fraction of sp³-hybridized carbons (Fsp3) is 0.200. The lowest BCUT2D eigenvalue weighted by molar-refractivity contribution is -0.118. The third kappa shape index (κ3) is 7.05. The molecule has 0 aliphatic heterocycles. The van der Waals surface area contributed by atoms with Crippen molar-refractivity contribution in [1.82, 2.24) is 20.2 Å². The number of benzene rings is 3. The zero-order chi connectivity index (χ0) is 26.3. The average molecular weight is 510 g/mol. The molecule has 1 N–H and O–H groups in total. The Morgan fingerprint density at radius 1 is 0.946 bits per heavy atom. The first-order valence-corrected chi connectivity index (χ1v) is 13.1. The Hall–Kier alpha value is -3.97. The van der Waals surface area contributed by atoms with E-state index in [2.05, 4.69) is 65.8 Å². The zero-order valence-corrected chi connectivity index (χ0v) is 22.4. The molecule has 1 heterocycles. The number of rotatable bonds is 8. The highest BCUT2D eigenvalue weighted by molar-refractivity contribution is 7.99. The first-order chi connectivity index (χ1) is 17.8. The van der Waals surface area contributed by atoms with Gasteiger partial charge in [-0.1, -0.05) is 111 Å². The molecular formula is C30H31N5OS. The largest absolute Gasteiger partial charge is 0.272 e. The van der Waals surface area contributed by atoms with Gasteiger partial charge < -0.3 is 0 Å². The van der Waals surface area contributed by atoms with Crippen LogP contribution in [-0.4, -0.2) is 32.6 Å². The fourth-order valence-electron chi connectivity index (χ4n) is 3.70. The third-order valence-electron chi connectivity index (χ3n) is 5.64. The van der Waals surface area contributed by atoms with Crippen molar-refractivity contribution >= 4 is 30.0 Å². The van der Waals surface area contributed by atoms with E-state index in [1.54, 1.807) is 6.21 Å². The Bertz CT molecular complexity index is 1390. The van der Waals surface area contributed by atoms with E-state index in [0.717, 1.165) is 28.2 Å². The predicted octanol–water partition coefficient (Wildman–Crippen LogP) is 6.53. The number of nitrogens with one attached hydrogen (secondary N) is 1. The van der Waals surface area contributed by atoms with Crippen LogP contribution in [0.15, 0.2) is 101 Å². The first-order valence-electron chi connectivity index (χ1n) is 12.1. The lowest BCUT2D eigenvalue weighted by atomic mass is 9.87. The molecule has 0 saturated heterocycles. The van der Waals surface area contributed by atoms with Crippen molar-refractivity contribution in [3.05, 3.63) is 102 Å². The highest BCUT2D eigenvalue weighted by Gasteiger charge is 2.19. The summed E-state index contributed by atoms with van der Waals surface area (Å²) in [6, 6.07) is 28.3. The van der Waals surface area contributed by atoms with Gasteiger partial charge >= 0.3 is 0 Å². The number of allylic oxidation sites excluding steroid dienone is 1. The number of aromatic nitrogens is 3. The maximum Gasteiger partial charge on any atom is 0.250 e. The van der Waals surface area contributed by atoms with Gasteiger partial charge in [0, 0.05) is 11.3 Å². The molecule has 1 amide bonds. The minimum atomic E-state index is -0.215. The van der Waals surface area contributed by atoms with Crippen molar-refractivity contribution in [2.45, 2.75) is 38.3 Å². The molecule has 0 aliphatic rings. The standard InChI is InChI=1S/C30H31N5OS/c1-22(19-23-11-7-5-8-12-23)20-31-32-27(36)21-37-29-34-33-28(35(29)26-13-9-6-10-14-26)24-15-17-25(18-16-24)30(2,3)4/h5-20H,21H2,1-4H3,(H,32,36)/b22-19+,31-20-. The van der Waals surface area contributed by atoms with Crippen molar-refractivity contribution in [2.75, 3.05) is 5.75 Å². The molecule has 0 bridgehead atoms. The van der Waals surface area contributed by atoms with Crippen LogP contribution < -0.4 is 5.43 Å². The highest BCUT2D eigenvalue weighted by Crippen LogP contribution is 2.30. The molecule has 4 rings (SSSR count). The summed E-state index contributed by atoms with van der Waals surface area (Å²) in [4.78, 5) is 12.5. The molecule has 1 aromatic heterocycles. The minimum Gasteiger partial charge on any atom is -0.272 e. The van der Waals surface area contributed by atoms with Gasteiger partial charge in [-0.3, -0.25) is 9.36 Å². The predicted molar refractivity (Wildman–Crippen MR) is 153 cm³/mol.